The van der Waals surface area contributed by atoms with Crippen LogP contribution in [-0.4, -0.2) is 15.7 Å². The van der Waals surface area contributed by atoms with Gasteiger partial charge in [0.25, 0.3) is 0 Å². The van der Waals surface area contributed by atoms with E-state index in [4.69, 9.17) is 11.5 Å². The van der Waals surface area contributed by atoms with Gasteiger partial charge in [-0.1, -0.05) is 23.9 Å². The highest BCUT2D eigenvalue weighted by Gasteiger charge is 1.98. The predicted octanol–water partition coefficient (Wildman–Crippen LogP) is 1.31. The first kappa shape index (κ1) is 9.85. The van der Waals surface area contributed by atoms with Crippen LogP contribution in [-0.2, 0) is 0 Å². The molecule has 13 heavy (non-hydrogen) atoms. The molecule has 0 aromatic carbocycles. The van der Waals surface area contributed by atoms with Crippen molar-refractivity contribution in [3.8, 4) is 0 Å². The Kier molecular flexibility index (Phi) is 3.57. The molecule has 1 heterocycles. The van der Waals surface area contributed by atoms with Gasteiger partial charge in [-0.3, -0.25) is 0 Å². The molecule has 70 valence electrons. The average molecular weight is 196 g/mol. The summed E-state index contributed by atoms with van der Waals surface area (Å²) in [7, 11) is 0. The molecular formula is C8H12N4S. The summed E-state index contributed by atoms with van der Waals surface area (Å²) in [5.41, 5.74) is 11.0. The minimum Gasteiger partial charge on any atom is -0.383 e. The van der Waals surface area contributed by atoms with Crippen LogP contribution < -0.4 is 11.5 Å². The number of aromatic nitrogens is 2. The lowest BCUT2D eigenvalue weighted by Gasteiger charge is -1.99. The molecule has 5 heteroatoms. The summed E-state index contributed by atoms with van der Waals surface area (Å²) >= 11 is 1.50. The molecule has 0 spiro atoms. The number of anilines is 2. The number of rotatable bonds is 3. The Bertz CT molecular complexity index is 291. The van der Waals surface area contributed by atoms with Gasteiger partial charge in [0.2, 0.25) is 0 Å². The molecule has 0 unspecified atom stereocenters. The van der Waals surface area contributed by atoms with Crippen LogP contribution in [0.5, 0.6) is 0 Å². The Morgan fingerprint density at radius 1 is 1.38 bits per heavy atom. The zero-order valence-electron chi connectivity index (χ0n) is 7.40. The lowest BCUT2D eigenvalue weighted by molar-refractivity contribution is 0.987. The van der Waals surface area contributed by atoms with Crippen LogP contribution in [0.1, 0.15) is 6.92 Å². The first-order chi connectivity index (χ1) is 6.22. The summed E-state index contributed by atoms with van der Waals surface area (Å²) in [5, 5.41) is 0.621. The zero-order chi connectivity index (χ0) is 9.68. The van der Waals surface area contributed by atoms with E-state index in [-0.39, 0.29) is 0 Å². The van der Waals surface area contributed by atoms with E-state index in [1.807, 2.05) is 19.1 Å². The van der Waals surface area contributed by atoms with Crippen LogP contribution in [0, 0.1) is 0 Å². The van der Waals surface area contributed by atoms with Gasteiger partial charge in [0.05, 0.1) is 0 Å². The molecule has 1 rings (SSSR count). The molecule has 0 saturated heterocycles. The first-order valence-corrected chi connectivity index (χ1v) is 4.85. The minimum atomic E-state index is 0.412. The molecule has 0 fully saturated rings. The van der Waals surface area contributed by atoms with Crippen LogP contribution in [0.3, 0.4) is 0 Å². The summed E-state index contributed by atoms with van der Waals surface area (Å²) in [6, 6.07) is 1.54. The van der Waals surface area contributed by atoms with E-state index in [2.05, 4.69) is 9.97 Å². The molecule has 4 N–H and O–H groups in total. The molecule has 0 bridgehead atoms. The Hall–Kier alpha value is -1.23. The normalized spacial score (nSPS) is 10.8. The number of nitrogens with zero attached hydrogens (tertiary/aromatic N) is 2. The van der Waals surface area contributed by atoms with Crippen molar-refractivity contribution < 1.29 is 0 Å². The third kappa shape index (κ3) is 3.33. The summed E-state index contributed by atoms with van der Waals surface area (Å²) in [5.74, 6) is 1.66. The second kappa shape index (κ2) is 4.71. The van der Waals surface area contributed by atoms with Crippen molar-refractivity contribution >= 4 is 23.4 Å². The SMILES string of the molecule is CC=CCSc1nc(N)cc(N)n1. The van der Waals surface area contributed by atoms with Crippen molar-refractivity contribution in [2.75, 3.05) is 17.2 Å². The Balaban J connectivity index is 2.66. The highest BCUT2D eigenvalue weighted by Crippen LogP contribution is 2.15. The Labute approximate surface area is 81.4 Å². The summed E-state index contributed by atoms with van der Waals surface area (Å²) < 4.78 is 0. The fourth-order valence-electron chi connectivity index (χ4n) is 0.745. The van der Waals surface area contributed by atoms with Gasteiger partial charge in [-0.05, 0) is 6.92 Å². The molecule has 1 aromatic heterocycles. The monoisotopic (exact) mass is 196 g/mol. The molecule has 0 saturated carbocycles. The van der Waals surface area contributed by atoms with Gasteiger partial charge in [-0.25, -0.2) is 9.97 Å². The highest BCUT2D eigenvalue weighted by atomic mass is 32.2. The largest absolute Gasteiger partial charge is 0.383 e. The molecule has 0 radical (unpaired) electrons. The van der Waals surface area contributed by atoms with Gasteiger partial charge in [0.1, 0.15) is 11.6 Å². The summed E-state index contributed by atoms with van der Waals surface area (Å²) in [4.78, 5) is 8.04. The van der Waals surface area contributed by atoms with Crippen LogP contribution in [0.25, 0.3) is 0 Å². The molecule has 1 aromatic rings. The lowest BCUT2D eigenvalue weighted by atomic mass is 10.5. The van der Waals surface area contributed by atoms with E-state index in [9.17, 15) is 0 Å². The molecule has 0 aliphatic rings. The molecule has 0 aliphatic carbocycles. The van der Waals surface area contributed by atoms with Crippen molar-refractivity contribution in [3.63, 3.8) is 0 Å². The molecule has 4 nitrogen and oxygen atoms in total. The van der Waals surface area contributed by atoms with Crippen LogP contribution in [0.2, 0.25) is 0 Å². The maximum atomic E-state index is 5.50. The summed E-state index contributed by atoms with van der Waals surface area (Å²) in [6.07, 6.45) is 4.00. The van der Waals surface area contributed by atoms with Gasteiger partial charge in [-0.2, -0.15) is 0 Å². The van der Waals surface area contributed by atoms with E-state index in [1.165, 1.54) is 11.8 Å². The van der Waals surface area contributed by atoms with Gasteiger partial charge in [-0.15, -0.1) is 0 Å². The van der Waals surface area contributed by atoms with E-state index in [1.54, 1.807) is 6.07 Å². The second-order valence-corrected chi connectivity index (χ2v) is 3.37. The molecular weight excluding hydrogens is 184 g/mol. The van der Waals surface area contributed by atoms with Crippen molar-refractivity contribution in [1.82, 2.24) is 9.97 Å². The minimum absolute atomic E-state index is 0.412. The zero-order valence-corrected chi connectivity index (χ0v) is 8.21. The van der Waals surface area contributed by atoms with E-state index < -0.39 is 0 Å². The number of hydrogen-bond acceptors (Lipinski definition) is 5. The molecule has 0 amide bonds. The van der Waals surface area contributed by atoms with Crippen molar-refractivity contribution in [1.29, 1.82) is 0 Å². The maximum absolute atomic E-state index is 5.50. The summed E-state index contributed by atoms with van der Waals surface area (Å²) in [6.45, 7) is 1.97. The van der Waals surface area contributed by atoms with Gasteiger partial charge >= 0.3 is 0 Å². The molecule has 0 atom stereocenters. The third-order valence-corrected chi connectivity index (χ3v) is 2.09. The Morgan fingerprint density at radius 2 is 2.00 bits per heavy atom. The predicted molar refractivity (Wildman–Crippen MR) is 56.4 cm³/mol. The van der Waals surface area contributed by atoms with Crippen molar-refractivity contribution in [3.05, 3.63) is 18.2 Å². The second-order valence-electron chi connectivity index (χ2n) is 2.38. The van der Waals surface area contributed by atoms with Crippen molar-refractivity contribution in [2.24, 2.45) is 0 Å². The number of nitrogen functional groups attached to an aromatic ring is 2. The van der Waals surface area contributed by atoms with Crippen LogP contribution >= 0.6 is 11.8 Å². The van der Waals surface area contributed by atoms with Crippen molar-refractivity contribution in [2.45, 2.75) is 12.1 Å². The van der Waals surface area contributed by atoms with Gasteiger partial charge in [0, 0.05) is 11.8 Å². The lowest BCUT2D eigenvalue weighted by Crippen LogP contribution is -1.99. The van der Waals surface area contributed by atoms with Gasteiger partial charge in [0.15, 0.2) is 5.16 Å². The van der Waals surface area contributed by atoms with Crippen LogP contribution in [0.4, 0.5) is 11.6 Å². The Morgan fingerprint density at radius 3 is 2.54 bits per heavy atom. The third-order valence-electron chi connectivity index (χ3n) is 1.29. The fraction of sp³-hybridized carbons (Fsp3) is 0.250. The number of nitrogens with two attached hydrogens (primary N) is 2. The maximum Gasteiger partial charge on any atom is 0.191 e. The first-order valence-electron chi connectivity index (χ1n) is 3.86. The average Bonchev–Trinajstić information content (AvgIpc) is 2.03. The van der Waals surface area contributed by atoms with E-state index >= 15 is 0 Å². The smallest absolute Gasteiger partial charge is 0.191 e. The molecule has 0 aliphatic heterocycles. The number of thioether (sulfide) groups is 1. The quantitative estimate of drug-likeness (QED) is 0.433. The van der Waals surface area contributed by atoms with E-state index in [0.717, 1.165) is 5.75 Å². The van der Waals surface area contributed by atoms with Gasteiger partial charge < -0.3 is 11.5 Å². The standard InChI is InChI=1S/C8H12N4S/c1-2-3-4-13-8-11-6(9)5-7(10)12-8/h2-3,5H,4H2,1H3,(H4,9,10,11,12). The topological polar surface area (TPSA) is 77.8 Å². The number of hydrogen-bond donors (Lipinski definition) is 2. The van der Waals surface area contributed by atoms with E-state index in [0.29, 0.717) is 16.8 Å². The highest BCUT2D eigenvalue weighted by molar-refractivity contribution is 7.99. The number of allylic oxidation sites excluding steroid dienone is 1. The van der Waals surface area contributed by atoms with Crippen LogP contribution in [0.15, 0.2) is 23.4 Å². The fourth-order valence-corrected chi connectivity index (χ4v) is 1.52.